The first-order chi connectivity index (χ1) is 26.1. The van der Waals surface area contributed by atoms with Crippen LogP contribution in [0.4, 0.5) is 0 Å². The third kappa shape index (κ3) is 39.3. The highest BCUT2D eigenvalue weighted by molar-refractivity contribution is 5.69. The van der Waals surface area contributed by atoms with E-state index >= 15 is 0 Å². The van der Waals surface area contributed by atoms with Gasteiger partial charge in [0, 0.05) is 26.0 Å². The maximum Gasteiger partial charge on any atom is 0.305 e. The fourth-order valence-corrected chi connectivity index (χ4v) is 6.05. The zero-order valence-corrected chi connectivity index (χ0v) is 35.3. The molecule has 0 saturated carbocycles. The van der Waals surface area contributed by atoms with Crippen molar-refractivity contribution in [2.75, 3.05) is 46.1 Å². The molecule has 6 nitrogen and oxygen atoms in total. The summed E-state index contributed by atoms with van der Waals surface area (Å²) in [7, 11) is 0. The number of carbonyl (C=O) groups excluding carboxylic acids is 2. The fraction of sp³-hybridized carbons (Fsp3) is 0.787. The highest BCUT2D eigenvalue weighted by Crippen LogP contribution is 2.12. The summed E-state index contributed by atoms with van der Waals surface area (Å²) in [6.07, 6.45) is 45.6. The minimum Gasteiger partial charge on any atom is -0.465 e. The molecule has 6 heteroatoms. The van der Waals surface area contributed by atoms with E-state index < -0.39 is 0 Å². The van der Waals surface area contributed by atoms with Crippen molar-refractivity contribution in [2.24, 2.45) is 5.92 Å². The summed E-state index contributed by atoms with van der Waals surface area (Å²) < 4.78 is 17.2. The predicted octanol–water partition coefficient (Wildman–Crippen LogP) is 13.1. The number of unbranched alkanes of at least 4 members (excludes halogenated alkanes) is 16. The summed E-state index contributed by atoms with van der Waals surface area (Å²) in [6, 6.07) is 0. The Morgan fingerprint density at radius 1 is 0.472 bits per heavy atom. The van der Waals surface area contributed by atoms with Crippen LogP contribution in [0.2, 0.25) is 0 Å². The van der Waals surface area contributed by atoms with Crippen LogP contribution < -0.4 is 0 Å². The van der Waals surface area contributed by atoms with Crippen molar-refractivity contribution in [3.63, 3.8) is 0 Å². The molecule has 53 heavy (non-hydrogen) atoms. The highest BCUT2D eigenvalue weighted by atomic mass is 16.6. The molecule has 0 N–H and O–H groups in total. The number of allylic oxidation sites excluding steroid dienone is 8. The van der Waals surface area contributed by atoms with Gasteiger partial charge in [-0.25, -0.2) is 0 Å². The second kappa shape index (κ2) is 42.6. The van der Waals surface area contributed by atoms with E-state index in [0.29, 0.717) is 26.1 Å². The van der Waals surface area contributed by atoms with Crippen LogP contribution in [0.15, 0.2) is 48.6 Å². The van der Waals surface area contributed by atoms with Gasteiger partial charge in [0.2, 0.25) is 0 Å². The molecule has 308 valence electrons. The standard InChI is InChI=1S/C47H85NO5/c1-5-9-11-13-15-17-19-21-23-25-27-29-31-33-35-38-46(49)52-43-45(42-51-41-37-40-48(7-3)8-4)44-53-47(50)39-36-34-32-30-28-26-24-22-20-18-16-14-12-10-6-2/h15-18,21-24,45H,5-14,19-20,25-44H2,1-4H3/b17-15-,18-16-,23-21-,24-22-. The second-order valence-electron chi connectivity index (χ2n) is 14.6. The maximum atomic E-state index is 12.5. The Morgan fingerprint density at radius 3 is 1.28 bits per heavy atom. The van der Waals surface area contributed by atoms with E-state index in [4.69, 9.17) is 14.2 Å². The van der Waals surface area contributed by atoms with Crippen LogP contribution in [0.3, 0.4) is 0 Å². The molecule has 0 radical (unpaired) electrons. The average molecular weight is 744 g/mol. The third-order valence-corrected chi connectivity index (χ3v) is 9.63. The van der Waals surface area contributed by atoms with Gasteiger partial charge in [-0.05, 0) is 96.6 Å². The Balaban J connectivity index is 4.20. The van der Waals surface area contributed by atoms with Crippen molar-refractivity contribution < 1.29 is 23.8 Å². The quantitative estimate of drug-likeness (QED) is 0.0354. The molecule has 0 fully saturated rings. The number of rotatable bonds is 40. The van der Waals surface area contributed by atoms with Crippen molar-refractivity contribution in [3.05, 3.63) is 48.6 Å². The van der Waals surface area contributed by atoms with Gasteiger partial charge in [0.05, 0.1) is 25.7 Å². The van der Waals surface area contributed by atoms with Crippen LogP contribution in [-0.4, -0.2) is 62.9 Å². The Bertz CT molecular complexity index is 845. The van der Waals surface area contributed by atoms with Gasteiger partial charge in [-0.1, -0.05) is 141 Å². The van der Waals surface area contributed by atoms with Gasteiger partial charge in [-0.2, -0.15) is 0 Å². The number of hydrogen-bond acceptors (Lipinski definition) is 6. The molecular weight excluding hydrogens is 659 g/mol. The molecule has 0 saturated heterocycles. The fourth-order valence-electron chi connectivity index (χ4n) is 6.05. The minimum atomic E-state index is -0.168. The Morgan fingerprint density at radius 2 is 0.868 bits per heavy atom. The first-order valence-electron chi connectivity index (χ1n) is 22.3. The van der Waals surface area contributed by atoms with E-state index in [1.807, 2.05) is 0 Å². The summed E-state index contributed by atoms with van der Waals surface area (Å²) in [5.41, 5.74) is 0. The molecule has 0 aromatic carbocycles. The molecule has 0 unspecified atom stereocenters. The molecule has 0 rings (SSSR count). The lowest BCUT2D eigenvalue weighted by Gasteiger charge is -2.19. The minimum absolute atomic E-state index is 0.148. The first-order valence-corrected chi connectivity index (χ1v) is 22.3. The molecule has 0 bridgehead atoms. The second-order valence-corrected chi connectivity index (χ2v) is 14.6. The lowest BCUT2D eigenvalue weighted by atomic mass is 10.1. The number of nitrogens with zero attached hydrogens (tertiary/aromatic N) is 1. The molecule has 0 aliphatic heterocycles. The molecule has 0 aliphatic rings. The zero-order valence-electron chi connectivity index (χ0n) is 35.3. The van der Waals surface area contributed by atoms with E-state index in [-0.39, 0.29) is 31.1 Å². The van der Waals surface area contributed by atoms with Gasteiger partial charge in [0.15, 0.2) is 0 Å². The van der Waals surface area contributed by atoms with Crippen molar-refractivity contribution in [2.45, 2.75) is 188 Å². The van der Waals surface area contributed by atoms with Crippen molar-refractivity contribution in [1.82, 2.24) is 4.90 Å². The Labute approximate surface area is 328 Å². The number of ether oxygens (including phenoxy) is 3. The van der Waals surface area contributed by atoms with Crippen molar-refractivity contribution in [3.8, 4) is 0 Å². The van der Waals surface area contributed by atoms with E-state index in [9.17, 15) is 9.59 Å². The largest absolute Gasteiger partial charge is 0.465 e. The number of hydrogen-bond donors (Lipinski definition) is 0. The van der Waals surface area contributed by atoms with E-state index in [0.717, 1.165) is 90.3 Å². The van der Waals surface area contributed by atoms with Crippen molar-refractivity contribution in [1.29, 1.82) is 0 Å². The van der Waals surface area contributed by atoms with Crippen LogP contribution >= 0.6 is 0 Å². The summed E-state index contributed by atoms with van der Waals surface area (Å²) >= 11 is 0. The van der Waals surface area contributed by atoms with Crippen LogP contribution in [0.5, 0.6) is 0 Å². The maximum absolute atomic E-state index is 12.5. The van der Waals surface area contributed by atoms with Crippen LogP contribution in [0, 0.1) is 5.92 Å². The summed E-state index contributed by atoms with van der Waals surface area (Å²) in [6.45, 7) is 13.4. The van der Waals surface area contributed by atoms with Crippen LogP contribution in [0.25, 0.3) is 0 Å². The lowest BCUT2D eigenvalue weighted by molar-refractivity contribution is -0.150. The first kappa shape index (κ1) is 50.8. The summed E-state index contributed by atoms with van der Waals surface area (Å²) in [5, 5.41) is 0. The van der Waals surface area contributed by atoms with Gasteiger partial charge in [-0.15, -0.1) is 0 Å². The number of esters is 2. The van der Waals surface area contributed by atoms with E-state index in [2.05, 4.69) is 81.2 Å². The van der Waals surface area contributed by atoms with E-state index in [1.54, 1.807) is 0 Å². The molecule has 0 amide bonds. The SMILES string of the molecule is CCCCC/C=C\C/C=C\CCCCCCCC(=O)OCC(COCCCN(CC)CC)COC(=O)CCCCCCC/C=C\C/C=C\CCCCC. The zero-order chi connectivity index (χ0) is 38.7. The normalized spacial score (nSPS) is 12.2. The summed E-state index contributed by atoms with van der Waals surface area (Å²) in [5.74, 6) is -0.483. The molecule has 0 atom stereocenters. The molecule has 0 aromatic heterocycles. The van der Waals surface area contributed by atoms with E-state index in [1.165, 1.54) is 77.0 Å². The highest BCUT2D eigenvalue weighted by Gasteiger charge is 2.16. The van der Waals surface area contributed by atoms with Gasteiger partial charge >= 0.3 is 11.9 Å². The third-order valence-electron chi connectivity index (χ3n) is 9.63. The molecule has 0 aromatic rings. The topological polar surface area (TPSA) is 65.1 Å². The molecular formula is C47H85NO5. The molecule has 0 heterocycles. The van der Waals surface area contributed by atoms with Crippen LogP contribution in [-0.2, 0) is 23.8 Å². The van der Waals surface area contributed by atoms with Gasteiger partial charge in [0.1, 0.15) is 0 Å². The average Bonchev–Trinajstić information content (AvgIpc) is 3.16. The van der Waals surface area contributed by atoms with Crippen molar-refractivity contribution >= 4 is 11.9 Å². The van der Waals surface area contributed by atoms with Gasteiger partial charge in [0.25, 0.3) is 0 Å². The monoisotopic (exact) mass is 744 g/mol. The molecule has 0 aliphatic carbocycles. The number of carbonyl (C=O) groups is 2. The van der Waals surface area contributed by atoms with Crippen LogP contribution in [0.1, 0.15) is 188 Å². The summed E-state index contributed by atoms with van der Waals surface area (Å²) in [4.78, 5) is 27.4. The predicted molar refractivity (Wildman–Crippen MR) is 227 cm³/mol. The Kier molecular flexibility index (Phi) is 40.8. The smallest absolute Gasteiger partial charge is 0.305 e. The van der Waals surface area contributed by atoms with Gasteiger partial charge < -0.3 is 19.1 Å². The van der Waals surface area contributed by atoms with Gasteiger partial charge in [-0.3, -0.25) is 9.59 Å². The Hall–Kier alpha value is -2.18. The lowest BCUT2D eigenvalue weighted by Crippen LogP contribution is -2.27. The molecule has 0 spiro atoms.